The summed E-state index contributed by atoms with van der Waals surface area (Å²) in [5.41, 5.74) is -1.93. The highest BCUT2D eigenvalue weighted by molar-refractivity contribution is 7.58. The first kappa shape index (κ1) is 17.2. The third kappa shape index (κ3) is 2.47. The van der Waals surface area contributed by atoms with Crippen molar-refractivity contribution in [3.63, 3.8) is 0 Å². The lowest BCUT2D eigenvalue weighted by molar-refractivity contribution is -0.113. The van der Waals surface area contributed by atoms with Crippen LogP contribution in [0.3, 0.4) is 0 Å². The number of hydrogen-bond acceptors (Lipinski definition) is 2. The predicted molar refractivity (Wildman–Crippen MR) is 73.7 cm³/mol. The Balaban J connectivity index is 5.82. The Kier molecular flexibility index (Phi) is 4.11. The summed E-state index contributed by atoms with van der Waals surface area (Å²) in [5.74, 6) is 0. The number of rotatable bonds is 4. The molecule has 17 heavy (non-hydrogen) atoms. The molecule has 0 saturated carbocycles. The van der Waals surface area contributed by atoms with E-state index in [1.807, 2.05) is 27.7 Å². The lowest BCUT2D eigenvalue weighted by Gasteiger charge is -2.57. The molecule has 104 valence electrons. The summed E-state index contributed by atoms with van der Waals surface area (Å²) in [6, 6.07) is 0. The Morgan fingerprint density at radius 1 is 0.824 bits per heavy atom. The molecule has 0 rings (SSSR count). The van der Waals surface area contributed by atoms with Crippen LogP contribution in [0.5, 0.6) is 0 Å². The van der Waals surface area contributed by atoms with Gasteiger partial charge in [0.2, 0.25) is 7.37 Å². The predicted octanol–water partition coefficient (Wildman–Crippen LogP) is 3.49. The van der Waals surface area contributed by atoms with E-state index >= 15 is 0 Å². The highest BCUT2D eigenvalue weighted by Gasteiger charge is 2.58. The van der Waals surface area contributed by atoms with Gasteiger partial charge < -0.3 is 10.00 Å². The van der Waals surface area contributed by atoms with E-state index in [4.69, 9.17) is 0 Å². The maximum Gasteiger partial charge on any atom is 0.203 e. The van der Waals surface area contributed by atoms with Crippen molar-refractivity contribution >= 4 is 7.37 Å². The second-order valence-corrected chi connectivity index (χ2v) is 10.1. The van der Waals surface area contributed by atoms with E-state index in [2.05, 4.69) is 0 Å². The third-order valence-corrected chi connectivity index (χ3v) is 8.29. The molecule has 4 heteroatoms. The molecular formula is C13H29O3P. The summed E-state index contributed by atoms with van der Waals surface area (Å²) in [5, 5.41) is 9.56. The zero-order valence-corrected chi connectivity index (χ0v) is 13.6. The molecule has 0 heterocycles. The van der Waals surface area contributed by atoms with Gasteiger partial charge in [0.25, 0.3) is 0 Å². The molecule has 2 N–H and O–H groups in total. The zero-order chi connectivity index (χ0) is 14.5. The smallest absolute Gasteiger partial charge is 0.203 e. The Morgan fingerprint density at radius 2 is 1.12 bits per heavy atom. The molecule has 0 aromatic heterocycles. The van der Waals surface area contributed by atoms with E-state index < -0.39 is 29.0 Å². The normalized spacial score (nSPS) is 19.0. The van der Waals surface area contributed by atoms with Gasteiger partial charge in [-0.25, -0.2) is 0 Å². The quantitative estimate of drug-likeness (QED) is 0.764. The lowest BCUT2D eigenvalue weighted by atomic mass is 9.55. The summed E-state index contributed by atoms with van der Waals surface area (Å²) >= 11 is 0. The molecule has 0 spiro atoms. The Morgan fingerprint density at radius 3 is 1.29 bits per heavy atom. The largest absolute Gasteiger partial charge is 0.390 e. The van der Waals surface area contributed by atoms with Crippen LogP contribution in [0.4, 0.5) is 0 Å². The van der Waals surface area contributed by atoms with E-state index in [9.17, 15) is 14.6 Å². The average molecular weight is 264 g/mol. The minimum atomic E-state index is -3.27. The monoisotopic (exact) mass is 264 g/mol. The molecule has 0 aliphatic rings. The maximum absolute atomic E-state index is 12.1. The van der Waals surface area contributed by atoms with Gasteiger partial charge in [-0.2, -0.15) is 0 Å². The molecule has 0 aromatic rings. The highest BCUT2D eigenvalue weighted by atomic mass is 31.2. The maximum atomic E-state index is 12.1. The van der Waals surface area contributed by atoms with Gasteiger partial charge in [0.15, 0.2) is 0 Å². The van der Waals surface area contributed by atoms with Crippen LogP contribution in [-0.4, -0.2) is 27.4 Å². The average Bonchev–Trinajstić information content (AvgIpc) is 1.98. The fourth-order valence-corrected chi connectivity index (χ4v) is 3.36. The van der Waals surface area contributed by atoms with Crippen molar-refractivity contribution in [3.8, 4) is 0 Å². The third-order valence-electron chi connectivity index (χ3n) is 5.66. The van der Waals surface area contributed by atoms with Crippen LogP contribution < -0.4 is 0 Å². The van der Waals surface area contributed by atoms with Crippen LogP contribution >= 0.6 is 7.37 Å². The molecule has 1 atom stereocenters. The van der Waals surface area contributed by atoms with E-state index in [1.54, 1.807) is 27.7 Å². The van der Waals surface area contributed by atoms with E-state index in [0.717, 1.165) is 0 Å². The van der Waals surface area contributed by atoms with Crippen molar-refractivity contribution in [2.24, 2.45) is 10.8 Å². The molecule has 0 saturated heterocycles. The molecule has 0 aliphatic carbocycles. The standard InChI is InChI=1S/C13H29O3P/c1-10(2,12(5,6)14)11(3,4)13(7,8)17(9,15)16/h14H,1-9H3,(H,15,16). The van der Waals surface area contributed by atoms with Crippen LogP contribution in [0.2, 0.25) is 0 Å². The molecular weight excluding hydrogens is 235 g/mol. The van der Waals surface area contributed by atoms with Gasteiger partial charge in [0.1, 0.15) is 0 Å². The van der Waals surface area contributed by atoms with Crippen molar-refractivity contribution in [2.45, 2.75) is 66.1 Å². The second-order valence-electron chi connectivity index (χ2n) is 7.25. The minimum Gasteiger partial charge on any atom is -0.390 e. The van der Waals surface area contributed by atoms with Gasteiger partial charge in [-0.15, -0.1) is 0 Å². The second kappa shape index (κ2) is 4.08. The lowest BCUT2D eigenvalue weighted by Crippen LogP contribution is -2.57. The summed E-state index contributed by atoms with van der Waals surface area (Å²) in [7, 11) is -3.27. The first-order chi connectivity index (χ1) is 7.00. The fourth-order valence-electron chi connectivity index (χ4n) is 2.05. The van der Waals surface area contributed by atoms with Crippen LogP contribution in [0.15, 0.2) is 0 Å². The number of hydrogen-bond donors (Lipinski definition) is 2. The van der Waals surface area contributed by atoms with Crippen molar-refractivity contribution in [1.82, 2.24) is 0 Å². The van der Waals surface area contributed by atoms with Crippen LogP contribution in [-0.2, 0) is 4.57 Å². The van der Waals surface area contributed by atoms with E-state index in [1.165, 1.54) is 6.66 Å². The molecule has 3 nitrogen and oxygen atoms in total. The van der Waals surface area contributed by atoms with Gasteiger partial charge >= 0.3 is 0 Å². The van der Waals surface area contributed by atoms with Crippen LogP contribution in [0.25, 0.3) is 0 Å². The van der Waals surface area contributed by atoms with Crippen molar-refractivity contribution in [3.05, 3.63) is 0 Å². The fraction of sp³-hybridized carbons (Fsp3) is 1.00. The van der Waals surface area contributed by atoms with Gasteiger partial charge in [-0.3, -0.25) is 4.57 Å². The summed E-state index contributed by atoms with van der Waals surface area (Å²) in [4.78, 5) is 9.98. The van der Waals surface area contributed by atoms with Crippen LogP contribution in [0.1, 0.15) is 55.4 Å². The number of aliphatic hydroxyl groups is 1. The molecule has 0 aromatic carbocycles. The van der Waals surface area contributed by atoms with Gasteiger partial charge in [0.05, 0.1) is 5.60 Å². The summed E-state index contributed by atoms with van der Waals surface area (Å²) < 4.78 is 12.1. The molecule has 0 amide bonds. The Labute approximate surface area is 106 Å². The van der Waals surface area contributed by atoms with E-state index in [0.29, 0.717) is 0 Å². The zero-order valence-electron chi connectivity index (χ0n) is 12.7. The molecule has 1 unspecified atom stereocenters. The highest BCUT2D eigenvalue weighted by Crippen LogP contribution is 2.65. The first-order valence-electron chi connectivity index (χ1n) is 6.03. The Bertz CT molecular complexity index is 329. The van der Waals surface area contributed by atoms with Gasteiger partial charge in [-0.05, 0) is 24.7 Å². The van der Waals surface area contributed by atoms with Gasteiger partial charge in [0, 0.05) is 11.8 Å². The van der Waals surface area contributed by atoms with Crippen molar-refractivity contribution < 1.29 is 14.6 Å². The molecule has 0 bridgehead atoms. The minimum absolute atomic E-state index is 0.502. The molecule has 0 fully saturated rings. The van der Waals surface area contributed by atoms with Crippen LogP contribution in [0, 0.1) is 10.8 Å². The SMILES string of the molecule is CC(C)(O)C(C)(C)C(C)(C)C(C)(C)P(C)(=O)O. The Hall–Kier alpha value is 0.150. The topological polar surface area (TPSA) is 57.5 Å². The molecule has 0 aliphatic heterocycles. The summed E-state index contributed by atoms with van der Waals surface area (Å²) in [6.45, 7) is 16.3. The van der Waals surface area contributed by atoms with E-state index in [-0.39, 0.29) is 0 Å². The summed E-state index contributed by atoms with van der Waals surface area (Å²) in [6.07, 6.45) is 0. The first-order valence-corrected chi connectivity index (χ1v) is 8.13. The van der Waals surface area contributed by atoms with Crippen molar-refractivity contribution in [1.29, 1.82) is 0 Å². The van der Waals surface area contributed by atoms with Crippen molar-refractivity contribution in [2.75, 3.05) is 6.66 Å². The van der Waals surface area contributed by atoms with Gasteiger partial charge in [-0.1, -0.05) is 41.5 Å². The molecule has 0 radical (unpaired) electrons.